The molecule has 0 amide bonds. The molecule has 3 aromatic heterocycles. The Morgan fingerprint density at radius 2 is 1.23 bits per heavy atom. The van der Waals surface area contributed by atoms with Crippen LogP contribution >= 0.6 is 11.8 Å². The van der Waals surface area contributed by atoms with Crippen molar-refractivity contribution in [3.63, 3.8) is 0 Å². The molecule has 2 aliphatic heterocycles. The van der Waals surface area contributed by atoms with E-state index in [-0.39, 0.29) is 12.0 Å². The number of nitrogens with one attached hydrogen (secondary N) is 1. The molecule has 0 bridgehead atoms. The number of para-hydroxylation sites is 1. The van der Waals surface area contributed by atoms with Crippen LogP contribution in [-0.2, 0) is 0 Å². The third kappa shape index (κ3) is 4.51. The van der Waals surface area contributed by atoms with Crippen LogP contribution in [-0.4, -0.2) is 4.57 Å². The minimum Gasteiger partial charge on any atom is -0.456 e. The summed E-state index contributed by atoms with van der Waals surface area (Å²) in [6.45, 7) is 4.85. The van der Waals surface area contributed by atoms with Crippen molar-refractivity contribution in [2.24, 2.45) is 0 Å². The average molecular weight is 799 g/mol. The van der Waals surface area contributed by atoms with Crippen molar-refractivity contribution in [3.05, 3.63) is 210 Å². The minimum absolute atomic E-state index is 0.0974. The van der Waals surface area contributed by atoms with Gasteiger partial charge in [-0.3, -0.25) is 0 Å². The topological polar surface area (TPSA) is 43.2 Å². The molecule has 0 aliphatic carbocycles. The first kappa shape index (κ1) is 33.4. The third-order valence-corrected chi connectivity index (χ3v) is 14.5. The van der Waals surface area contributed by atoms with Crippen molar-refractivity contribution >= 4 is 105 Å². The van der Waals surface area contributed by atoms with E-state index in [9.17, 15) is 0 Å². The maximum absolute atomic E-state index is 6.93. The molecule has 0 saturated carbocycles. The molecule has 61 heavy (non-hydrogen) atoms. The lowest BCUT2D eigenvalue weighted by Crippen LogP contribution is -2.30. The quantitative estimate of drug-likeness (QED) is 0.181. The van der Waals surface area contributed by atoms with Gasteiger partial charge in [0.15, 0.2) is 5.58 Å². The zero-order valence-corrected chi connectivity index (χ0v) is 33.6. The number of benzene rings is 9. The van der Waals surface area contributed by atoms with E-state index < -0.39 is 0 Å². The van der Waals surface area contributed by atoms with Crippen molar-refractivity contribution in [1.29, 1.82) is 0 Å². The summed E-state index contributed by atoms with van der Waals surface area (Å²) in [6, 6.07) is 63.0. The number of furan rings is 2. The van der Waals surface area contributed by atoms with Gasteiger partial charge < -0.3 is 18.7 Å². The fourth-order valence-electron chi connectivity index (χ4n) is 10.7. The molecule has 5 heteroatoms. The van der Waals surface area contributed by atoms with Crippen LogP contribution in [0.4, 0.5) is 0 Å². The number of aromatic nitrogens is 1. The number of thioether (sulfide) groups is 1. The first-order valence-corrected chi connectivity index (χ1v) is 21.7. The molecule has 1 N–H and O–H groups in total. The van der Waals surface area contributed by atoms with Gasteiger partial charge in [0.1, 0.15) is 16.7 Å². The Balaban J connectivity index is 1.02. The zero-order valence-electron chi connectivity index (χ0n) is 32.8. The Morgan fingerprint density at radius 3 is 2.11 bits per heavy atom. The molecule has 0 spiro atoms. The van der Waals surface area contributed by atoms with E-state index in [1.54, 1.807) is 0 Å². The van der Waals surface area contributed by atoms with Gasteiger partial charge in [0.25, 0.3) is 0 Å². The summed E-state index contributed by atoms with van der Waals surface area (Å²) in [5.74, 6) is 0.0974. The summed E-state index contributed by atoms with van der Waals surface area (Å²) in [5.41, 5.74) is 12.6. The molecule has 2 atom stereocenters. The molecule has 2 aliphatic rings. The monoisotopic (exact) mass is 798 g/mol. The Labute approximate surface area is 354 Å². The van der Waals surface area contributed by atoms with Gasteiger partial charge >= 0.3 is 0 Å². The van der Waals surface area contributed by atoms with Crippen molar-refractivity contribution < 1.29 is 8.83 Å². The Kier molecular flexibility index (Phi) is 6.72. The Hall–Kier alpha value is -7.47. The first-order chi connectivity index (χ1) is 30.2. The Bertz CT molecular complexity index is 3920. The number of fused-ring (bicyclic) bond motifs is 18. The second kappa shape index (κ2) is 12.3. The largest absolute Gasteiger partial charge is 0.456 e. The summed E-state index contributed by atoms with van der Waals surface area (Å²) in [5, 5.41) is 15.7. The van der Waals surface area contributed by atoms with E-state index >= 15 is 0 Å². The lowest BCUT2D eigenvalue weighted by Gasteiger charge is -2.35. The van der Waals surface area contributed by atoms with Crippen LogP contribution in [0.1, 0.15) is 28.7 Å². The fraction of sp³-hybridized carbons (Fsp3) is 0.0357. The molecule has 0 saturated heterocycles. The van der Waals surface area contributed by atoms with E-state index in [1.165, 1.54) is 58.9 Å². The summed E-state index contributed by atoms with van der Waals surface area (Å²) in [7, 11) is 0. The van der Waals surface area contributed by atoms with Gasteiger partial charge in [0.2, 0.25) is 0 Å². The SMILES string of the molecule is C=C1C(c2cccc3oc4cc(-n5c6ccc7ccccc7c6c6c7ccccc7c7c8ccccc8oc7c65)ccc4c23)NC(c2ccccc2)=C2Sc3ccccc3C12. The predicted molar refractivity (Wildman–Crippen MR) is 254 cm³/mol. The highest BCUT2D eigenvalue weighted by atomic mass is 32.2. The average Bonchev–Trinajstić information content (AvgIpc) is 4.09. The maximum atomic E-state index is 6.93. The predicted octanol–water partition coefficient (Wildman–Crippen LogP) is 15.3. The van der Waals surface area contributed by atoms with Gasteiger partial charge in [-0.15, -0.1) is 0 Å². The molecule has 5 heterocycles. The molecule has 2 unspecified atom stereocenters. The molecule has 286 valence electrons. The maximum Gasteiger partial charge on any atom is 0.160 e. The summed E-state index contributed by atoms with van der Waals surface area (Å²) >= 11 is 1.86. The molecule has 12 aromatic rings. The van der Waals surface area contributed by atoms with Gasteiger partial charge in [0, 0.05) is 54.1 Å². The van der Waals surface area contributed by atoms with Gasteiger partial charge in [-0.25, -0.2) is 0 Å². The molecule has 4 nitrogen and oxygen atoms in total. The van der Waals surface area contributed by atoms with E-state index in [0.29, 0.717) is 0 Å². The van der Waals surface area contributed by atoms with Gasteiger partial charge in [-0.05, 0) is 80.2 Å². The van der Waals surface area contributed by atoms with Crippen LogP contribution in [0.3, 0.4) is 0 Å². The molecule has 0 radical (unpaired) electrons. The van der Waals surface area contributed by atoms with E-state index in [1.807, 2.05) is 11.8 Å². The lowest BCUT2D eigenvalue weighted by molar-refractivity contribution is 0.655. The Morgan fingerprint density at radius 1 is 0.525 bits per heavy atom. The fourth-order valence-corrected chi connectivity index (χ4v) is 12.1. The standard InChI is InChI=1S/C56H34N2O2S/c1-31-47-40-21-10-12-25-46(40)61-56(47)53(33-15-3-2-4-16-33)57-52(31)41-22-13-24-44-48(41)39-28-27-34(30-45(39)59-44)58-42-29-26-32-14-5-6-17-35(32)50(42)51-37-19-8-7-18-36(37)49-38-20-9-11-23-43(38)60-55(49)54(51)58/h2-30,47,52,57H,1H2. The van der Waals surface area contributed by atoms with Crippen LogP contribution in [0, 0.1) is 0 Å². The molecular weight excluding hydrogens is 765 g/mol. The van der Waals surface area contributed by atoms with E-state index in [0.717, 1.165) is 71.7 Å². The van der Waals surface area contributed by atoms with Crippen molar-refractivity contribution in [2.75, 3.05) is 0 Å². The van der Waals surface area contributed by atoms with Gasteiger partial charge in [0.05, 0.1) is 28.5 Å². The van der Waals surface area contributed by atoms with Crippen LogP contribution in [0.15, 0.2) is 207 Å². The number of allylic oxidation sites excluding steroid dienone is 1. The van der Waals surface area contributed by atoms with E-state index in [2.05, 4.69) is 186 Å². The van der Waals surface area contributed by atoms with Crippen LogP contribution in [0.2, 0.25) is 0 Å². The second-order valence-electron chi connectivity index (χ2n) is 16.4. The third-order valence-electron chi connectivity index (χ3n) is 13.3. The highest BCUT2D eigenvalue weighted by molar-refractivity contribution is 8.03. The molecule has 0 fully saturated rings. The summed E-state index contributed by atoms with van der Waals surface area (Å²) < 4.78 is 16.2. The smallest absolute Gasteiger partial charge is 0.160 e. The summed E-state index contributed by atoms with van der Waals surface area (Å²) in [4.78, 5) is 2.61. The van der Waals surface area contributed by atoms with Gasteiger partial charge in [-0.1, -0.05) is 152 Å². The first-order valence-electron chi connectivity index (χ1n) is 20.8. The molecular formula is C56H34N2O2S. The van der Waals surface area contributed by atoms with Crippen molar-refractivity contribution in [1.82, 2.24) is 9.88 Å². The highest BCUT2D eigenvalue weighted by Crippen LogP contribution is 2.59. The lowest BCUT2D eigenvalue weighted by atomic mass is 9.80. The normalized spacial score (nSPS) is 16.6. The van der Waals surface area contributed by atoms with Crippen molar-refractivity contribution in [2.45, 2.75) is 16.9 Å². The second-order valence-corrected chi connectivity index (χ2v) is 17.5. The minimum atomic E-state index is -0.139. The van der Waals surface area contributed by atoms with E-state index in [4.69, 9.17) is 15.4 Å². The van der Waals surface area contributed by atoms with Gasteiger partial charge in [-0.2, -0.15) is 0 Å². The van der Waals surface area contributed by atoms with Crippen LogP contribution < -0.4 is 5.32 Å². The van der Waals surface area contributed by atoms with Crippen LogP contribution in [0.25, 0.3) is 98.6 Å². The zero-order chi connectivity index (χ0) is 39.9. The summed E-state index contributed by atoms with van der Waals surface area (Å²) in [6.07, 6.45) is 0. The number of rotatable bonds is 3. The van der Waals surface area contributed by atoms with Crippen LogP contribution in [0.5, 0.6) is 0 Å². The highest BCUT2D eigenvalue weighted by Gasteiger charge is 2.41. The number of hydrogen-bond acceptors (Lipinski definition) is 4. The molecule has 9 aromatic carbocycles. The molecule has 14 rings (SSSR count). The van der Waals surface area contributed by atoms with Crippen molar-refractivity contribution in [3.8, 4) is 5.69 Å². The number of nitrogens with zero attached hydrogens (tertiary/aromatic N) is 1. The number of hydrogen-bond donors (Lipinski definition) is 1.